The third kappa shape index (κ3) is 3.52. The Morgan fingerprint density at radius 1 is 1.28 bits per heavy atom. The van der Waals surface area contributed by atoms with Crippen molar-refractivity contribution >= 4 is 5.91 Å². The molecule has 0 atom stereocenters. The number of carbonyl (C=O) groups is 1. The fourth-order valence-electron chi connectivity index (χ4n) is 3.42. The number of benzene rings is 1. The summed E-state index contributed by atoms with van der Waals surface area (Å²) in [7, 11) is 1.63. The molecule has 134 valence electrons. The smallest absolute Gasteiger partial charge is 0.253 e. The van der Waals surface area contributed by atoms with Gasteiger partial charge in [0.05, 0.1) is 7.11 Å². The van der Waals surface area contributed by atoms with E-state index in [9.17, 15) is 4.79 Å². The first-order valence-electron chi connectivity index (χ1n) is 8.84. The first-order chi connectivity index (χ1) is 12.0. The van der Waals surface area contributed by atoms with Crippen molar-refractivity contribution in [1.82, 2.24) is 19.7 Å². The fraction of sp³-hybridized carbons (Fsp3) is 0.526. The predicted molar refractivity (Wildman–Crippen MR) is 96.0 cm³/mol. The molecule has 2 aromatic rings. The third-order valence-electron chi connectivity index (χ3n) is 4.96. The summed E-state index contributed by atoms with van der Waals surface area (Å²) in [6, 6.07) is 6.00. The number of rotatable bonds is 4. The van der Waals surface area contributed by atoms with Crippen molar-refractivity contribution in [1.29, 1.82) is 0 Å². The van der Waals surface area contributed by atoms with E-state index in [2.05, 4.69) is 28.6 Å². The first-order valence-corrected chi connectivity index (χ1v) is 8.84. The second kappa shape index (κ2) is 7.25. The molecule has 6 nitrogen and oxygen atoms in total. The lowest BCUT2D eigenvalue weighted by molar-refractivity contribution is 0.0709. The van der Waals surface area contributed by atoms with Gasteiger partial charge in [-0.2, -0.15) is 0 Å². The Labute approximate surface area is 148 Å². The van der Waals surface area contributed by atoms with Crippen LogP contribution >= 0.6 is 0 Å². The number of methoxy groups -OCH3 is 1. The minimum absolute atomic E-state index is 0.0714. The standard InChI is InChI=1S/C19H26N4O2/c1-13(2)23-12-20-21-18(23)15-7-9-22(10-8-15)19(24)16-6-5-14(3)17(11-16)25-4/h5-6,11-13,15H,7-10H2,1-4H3. The molecule has 2 heterocycles. The number of hydrogen-bond donors (Lipinski definition) is 0. The SMILES string of the molecule is COc1cc(C(=O)N2CCC(c3nncn3C(C)C)CC2)ccc1C. The number of aromatic nitrogens is 3. The molecule has 0 spiro atoms. The maximum Gasteiger partial charge on any atom is 0.253 e. The Kier molecular flexibility index (Phi) is 5.06. The van der Waals surface area contributed by atoms with E-state index >= 15 is 0 Å². The van der Waals surface area contributed by atoms with Crippen LogP contribution in [0.2, 0.25) is 0 Å². The number of ether oxygens (including phenoxy) is 1. The van der Waals surface area contributed by atoms with Crippen LogP contribution in [-0.4, -0.2) is 45.8 Å². The van der Waals surface area contributed by atoms with Crippen LogP contribution in [-0.2, 0) is 0 Å². The van der Waals surface area contributed by atoms with Crippen LogP contribution < -0.4 is 4.74 Å². The molecule has 0 saturated carbocycles. The van der Waals surface area contributed by atoms with Gasteiger partial charge in [0.2, 0.25) is 0 Å². The van der Waals surface area contributed by atoms with Crippen molar-refractivity contribution < 1.29 is 9.53 Å². The summed E-state index contributed by atoms with van der Waals surface area (Å²) in [5, 5.41) is 8.38. The average molecular weight is 342 g/mol. The lowest BCUT2D eigenvalue weighted by Crippen LogP contribution is -2.38. The zero-order chi connectivity index (χ0) is 18.0. The summed E-state index contributed by atoms with van der Waals surface area (Å²) < 4.78 is 7.47. The van der Waals surface area contributed by atoms with Crippen molar-refractivity contribution in [2.75, 3.05) is 20.2 Å². The van der Waals surface area contributed by atoms with Crippen LogP contribution in [0.15, 0.2) is 24.5 Å². The van der Waals surface area contributed by atoms with Crippen molar-refractivity contribution in [3.8, 4) is 5.75 Å². The summed E-state index contributed by atoms with van der Waals surface area (Å²) in [4.78, 5) is 14.7. The Morgan fingerprint density at radius 3 is 2.64 bits per heavy atom. The van der Waals surface area contributed by atoms with Crippen molar-refractivity contribution in [3.05, 3.63) is 41.5 Å². The van der Waals surface area contributed by atoms with Crippen molar-refractivity contribution in [2.45, 2.75) is 45.6 Å². The van der Waals surface area contributed by atoms with Gasteiger partial charge in [-0.25, -0.2) is 0 Å². The van der Waals surface area contributed by atoms with Gasteiger partial charge in [-0.05, 0) is 51.3 Å². The van der Waals surface area contributed by atoms with E-state index in [0.29, 0.717) is 17.5 Å². The van der Waals surface area contributed by atoms with Crippen molar-refractivity contribution in [2.24, 2.45) is 0 Å². The van der Waals surface area contributed by atoms with E-state index in [1.54, 1.807) is 13.4 Å². The number of hydrogen-bond acceptors (Lipinski definition) is 4. The second-order valence-corrected chi connectivity index (χ2v) is 6.94. The van der Waals surface area contributed by atoms with Gasteiger partial charge in [-0.15, -0.1) is 10.2 Å². The molecule has 0 radical (unpaired) electrons. The summed E-state index contributed by atoms with van der Waals surface area (Å²) in [5.74, 6) is 2.23. The normalized spacial score (nSPS) is 15.6. The van der Waals surface area contributed by atoms with Gasteiger partial charge in [0, 0.05) is 30.6 Å². The van der Waals surface area contributed by atoms with Gasteiger partial charge in [0.25, 0.3) is 5.91 Å². The Hall–Kier alpha value is -2.37. The van der Waals surface area contributed by atoms with Gasteiger partial charge in [0.15, 0.2) is 0 Å². The van der Waals surface area contributed by atoms with E-state index in [0.717, 1.165) is 43.1 Å². The number of amides is 1. The highest BCUT2D eigenvalue weighted by Crippen LogP contribution is 2.29. The molecule has 6 heteroatoms. The zero-order valence-corrected chi connectivity index (χ0v) is 15.4. The molecule has 0 bridgehead atoms. The summed E-state index contributed by atoms with van der Waals surface area (Å²) >= 11 is 0. The molecule has 1 aliphatic rings. The highest BCUT2D eigenvalue weighted by Gasteiger charge is 2.28. The Bertz CT molecular complexity index is 746. The molecule has 25 heavy (non-hydrogen) atoms. The fourth-order valence-corrected chi connectivity index (χ4v) is 3.42. The lowest BCUT2D eigenvalue weighted by atomic mass is 9.95. The van der Waals surface area contributed by atoms with Crippen LogP contribution in [0.4, 0.5) is 0 Å². The number of aryl methyl sites for hydroxylation is 1. The number of likely N-dealkylation sites (tertiary alicyclic amines) is 1. The second-order valence-electron chi connectivity index (χ2n) is 6.94. The predicted octanol–water partition coefficient (Wildman–Crippen LogP) is 3.20. The van der Waals surface area contributed by atoms with Gasteiger partial charge < -0.3 is 14.2 Å². The van der Waals surface area contributed by atoms with Crippen LogP contribution in [0.5, 0.6) is 5.75 Å². The maximum atomic E-state index is 12.8. The molecule has 0 N–H and O–H groups in total. The molecule has 1 aromatic carbocycles. The summed E-state index contributed by atoms with van der Waals surface area (Å²) in [5.41, 5.74) is 1.72. The van der Waals surface area contributed by atoms with Crippen LogP contribution in [0.1, 0.15) is 60.4 Å². The zero-order valence-electron chi connectivity index (χ0n) is 15.4. The quantitative estimate of drug-likeness (QED) is 0.856. The minimum atomic E-state index is 0.0714. The molecule has 1 aliphatic heterocycles. The number of piperidine rings is 1. The Balaban J connectivity index is 1.68. The molecule has 1 saturated heterocycles. The number of carbonyl (C=O) groups excluding carboxylic acids is 1. The number of nitrogens with zero attached hydrogens (tertiary/aromatic N) is 4. The molecule has 0 unspecified atom stereocenters. The van der Waals surface area contributed by atoms with Crippen LogP contribution in [0, 0.1) is 6.92 Å². The Morgan fingerprint density at radius 2 is 2.00 bits per heavy atom. The molecule has 1 fully saturated rings. The summed E-state index contributed by atoms with van der Waals surface area (Å²) in [6.07, 6.45) is 3.64. The van der Waals surface area contributed by atoms with E-state index in [4.69, 9.17) is 4.74 Å². The third-order valence-corrected chi connectivity index (χ3v) is 4.96. The molecular weight excluding hydrogens is 316 g/mol. The summed E-state index contributed by atoms with van der Waals surface area (Å²) in [6.45, 7) is 7.73. The van der Waals surface area contributed by atoms with Gasteiger partial charge in [-0.3, -0.25) is 4.79 Å². The molecule has 1 aromatic heterocycles. The lowest BCUT2D eigenvalue weighted by Gasteiger charge is -2.32. The molecule has 0 aliphatic carbocycles. The van der Waals surface area contributed by atoms with E-state index in [1.807, 2.05) is 30.0 Å². The van der Waals surface area contributed by atoms with Gasteiger partial charge in [0.1, 0.15) is 17.9 Å². The minimum Gasteiger partial charge on any atom is -0.496 e. The molecule has 1 amide bonds. The van der Waals surface area contributed by atoms with Gasteiger partial charge in [-0.1, -0.05) is 6.07 Å². The van der Waals surface area contributed by atoms with Gasteiger partial charge >= 0.3 is 0 Å². The average Bonchev–Trinajstić information content (AvgIpc) is 3.12. The highest BCUT2D eigenvalue weighted by molar-refractivity contribution is 5.94. The topological polar surface area (TPSA) is 60.2 Å². The van der Waals surface area contributed by atoms with E-state index in [-0.39, 0.29) is 5.91 Å². The monoisotopic (exact) mass is 342 g/mol. The first kappa shape index (κ1) is 17.5. The maximum absolute atomic E-state index is 12.8. The van der Waals surface area contributed by atoms with E-state index < -0.39 is 0 Å². The van der Waals surface area contributed by atoms with Crippen LogP contribution in [0.25, 0.3) is 0 Å². The molecule has 3 rings (SSSR count). The largest absolute Gasteiger partial charge is 0.496 e. The van der Waals surface area contributed by atoms with E-state index in [1.165, 1.54) is 0 Å². The molecular formula is C19H26N4O2. The van der Waals surface area contributed by atoms with Crippen LogP contribution in [0.3, 0.4) is 0 Å². The van der Waals surface area contributed by atoms with Crippen molar-refractivity contribution in [3.63, 3.8) is 0 Å². The highest BCUT2D eigenvalue weighted by atomic mass is 16.5.